The van der Waals surface area contributed by atoms with Gasteiger partial charge in [-0.05, 0) is 31.2 Å². The zero-order chi connectivity index (χ0) is 17.5. The fraction of sp³-hybridized carbons (Fsp3) is 0.692. The Morgan fingerprint density at radius 1 is 0.957 bits per heavy atom. The second-order valence-electron chi connectivity index (χ2n) is 4.46. The van der Waals surface area contributed by atoms with Gasteiger partial charge in [0.2, 0.25) is 0 Å². The maximum atomic E-state index is 12.4. The maximum Gasteiger partial charge on any atom is 0.335 e. The van der Waals surface area contributed by atoms with Gasteiger partial charge in [-0.15, -0.1) is 5.10 Å². The van der Waals surface area contributed by atoms with Crippen molar-refractivity contribution in [2.45, 2.75) is 27.2 Å². The number of aryl methyl sites for hydroxylation is 1. The Morgan fingerprint density at radius 2 is 1.39 bits per heavy atom. The Balaban J connectivity index is 3.37. The van der Waals surface area contributed by atoms with Crippen LogP contribution in [0.25, 0.3) is 0 Å². The number of esters is 3. The Bertz CT molecular complexity index is 525. The van der Waals surface area contributed by atoms with Gasteiger partial charge in [0.1, 0.15) is 0 Å². The summed E-state index contributed by atoms with van der Waals surface area (Å²) in [6, 6.07) is 0. The number of tetrazole rings is 1. The molecule has 1 aromatic heterocycles. The van der Waals surface area contributed by atoms with E-state index in [1.165, 1.54) is 11.7 Å². The number of ether oxygens (including phenoxy) is 3. The van der Waals surface area contributed by atoms with Gasteiger partial charge in [0.05, 0.1) is 19.8 Å². The largest absolute Gasteiger partial charge is 0.465 e. The van der Waals surface area contributed by atoms with E-state index in [4.69, 9.17) is 14.2 Å². The molecular weight excluding hydrogens is 308 g/mol. The third kappa shape index (κ3) is 3.82. The molecule has 0 fully saturated rings. The highest BCUT2D eigenvalue weighted by molar-refractivity contribution is 6.18. The minimum Gasteiger partial charge on any atom is -0.465 e. The summed E-state index contributed by atoms with van der Waals surface area (Å²) in [4.78, 5) is 37.3. The fourth-order valence-electron chi connectivity index (χ4n) is 1.86. The van der Waals surface area contributed by atoms with E-state index in [9.17, 15) is 14.4 Å². The second-order valence-corrected chi connectivity index (χ2v) is 4.46. The molecule has 10 nitrogen and oxygen atoms in total. The van der Waals surface area contributed by atoms with Crippen molar-refractivity contribution in [2.75, 3.05) is 19.8 Å². The number of hydrogen-bond donors (Lipinski definition) is 0. The van der Waals surface area contributed by atoms with Crippen LogP contribution in [0, 0.1) is 5.41 Å². The number of aromatic nitrogens is 4. The van der Waals surface area contributed by atoms with Gasteiger partial charge in [0, 0.05) is 13.5 Å². The molecule has 0 aliphatic heterocycles. The summed E-state index contributed by atoms with van der Waals surface area (Å²) in [5.41, 5.74) is -2.30. The van der Waals surface area contributed by atoms with Crippen molar-refractivity contribution in [3.8, 4) is 0 Å². The number of nitrogens with zero attached hydrogens (tertiary/aromatic N) is 4. The molecule has 23 heavy (non-hydrogen) atoms. The van der Waals surface area contributed by atoms with Crippen molar-refractivity contribution in [3.63, 3.8) is 0 Å². The van der Waals surface area contributed by atoms with Crippen LogP contribution in [0.1, 0.15) is 26.6 Å². The van der Waals surface area contributed by atoms with E-state index >= 15 is 0 Å². The van der Waals surface area contributed by atoms with Crippen LogP contribution in [0.3, 0.4) is 0 Å². The molecule has 0 radical (unpaired) electrons. The smallest absolute Gasteiger partial charge is 0.335 e. The third-order valence-corrected chi connectivity index (χ3v) is 3.00. The van der Waals surface area contributed by atoms with Gasteiger partial charge in [0.25, 0.3) is 5.41 Å². The molecule has 0 N–H and O–H groups in total. The highest BCUT2D eigenvalue weighted by Crippen LogP contribution is 2.28. The predicted octanol–water partition coefficient (Wildman–Crippen LogP) is -0.572. The Labute approximate surface area is 133 Å². The number of rotatable bonds is 8. The monoisotopic (exact) mass is 328 g/mol. The molecule has 0 aliphatic carbocycles. The first kappa shape index (κ1) is 18.5. The van der Waals surface area contributed by atoms with E-state index in [1.807, 2.05) is 0 Å². The number of carbonyl (C=O) groups excluding carboxylic acids is 3. The molecule has 1 aromatic rings. The molecule has 0 saturated heterocycles. The Morgan fingerprint density at radius 3 is 1.70 bits per heavy atom. The standard InChI is InChI=1S/C13H20N4O6/c1-5-21-10(18)13(11(19)22-6-2,12(20)23-7-3)8-9-14-15-16-17(9)4/h5-8H2,1-4H3. The first-order valence-electron chi connectivity index (χ1n) is 7.16. The lowest BCUT2D eigenvalue weighted by molar-refractivity contribution is -0.183. The molecule has 0 aliphatic rings. The maximum absolute atomic E-state index is 12.4. The fourth-order valence-corrected chi connectivity index (χ4v) is 1.86. The van der Waals surface area contributed by atoms with E-state index in [0.717, 1.165) is 0 Å². The molecule has 1 heterocycles. The van der Waals surface area contributed by atoms with Crippen molar-refractivity contribution < 1.29 is 28.6 Å². The van der Waals surface area contributed by atoms with Crippen molar-refractivity contribution in [2.24, 2.45) is 12.5 Å². The van der Waals surface area contributed by atoms with Crippen LogP contribution in [-0.4, -0.2) is 57.9 Å². The molecule has 1 rings (SSSR count). The zero-order valence-corrected chi connectivity index (χ0v) is 13.6. The average Bonchev–Trinajstić information content (AvgIpc) is 2.90. The van der Waals surface area contributed by atoms with Crippen LogP contribution >= 0.6 is 0 Å². The van der Waals surface area contributed by atoms with Crippen molar-refractivity contribution in [3.05, 3.63) is 5.82 Å². The van der Waals surface area contributed by atoms with Gasteiger partial charge < -0.3 is 14.2 Å². The molecule has 10 heteroatoms. The van der Waals surface area contributed by atoms with Gasteiger partial charge in [-0.1, -0.05) is 0 Å². The van der Waals surface area contributed by atoms with Crippen LogP contribution in [0.4, 0.5) is 0 Å². The lowest BCUT2D eigenvalue weighted by Gasteiger charge is -2.26. The topological polar surface area (TPSA) is 123 Å². The van der Waals surface area contributed by atoms with Crippen molar-refractivity contribution >= 4 is 17.9 Å². The van der Waals surface area contributed by atoms with Gasteiger partial charge in [-0.2, -0.15) is 0 Å². The first-order valence-corrected chi connectivity index (χ1v) is 7.16. The minimum absolute atomic E-state index is 0.0174. The van der Waals surface area contributed by atoms with E-state index in [2.05, 4.69) is 15.5 Å². The Kier molecular flexibility index (Phi) is 6.61. The van der Waals surface area contributed by atoms with Crippen LogP contribution in [0.15, 0.2) is 0 Å². The molecule has 0 spiro atoms. The highest BCUT2D eigenvalue weighted by atomic mass is 16.6. The summed E-state index contributed by atoms with van der Waals surface area (Å²) in [7, 11) is 1.52. The number of hydrogen-bond acceptors (Lipinski definition) is 9. The summed E-state index contributed by atoms with van der Waals surface area (Å²) in [5.74, 6) is -3.03. The second kappa shape index (κ2) is 8.20. The van der Waals surface area contributed by atoms with E-state index in [-0.39, 0.29) is 25.6 Å². The SMILES string of the molecule is CCOC(=O)C(Cc1nnnn1C)(C(=O)OCC)C(=O)OCC. The zero-order valence-electron chi connectivity index (χ0n) is 13.6. The molecule has 0 saturated carbocycles. The molecular formula is C13H20N4O6. The van der Waals surface area contributed by atoms with Crippen LogP contribution in [-0.2, 0) is 42.1 Å². The average molecular weight is 328 g/mol. The minimum atomic E-state index is -2.30. The Hall–Kier alpha value is -2.52. The molecule has 0 atom stereocenters. The van der Waals surface area contributed by atoms with Gasteiger partial charge in [-0.3, -0.25) is 14.4 Å². The van der Waals surface area contributed by atoms with Crippen LogP contribution in [0.5, 0.6) is 0 Å². The summed E-state index contributed by atoms with van der Waals surface area (Å²) >= 11 is 0. The van der Waals surface area contributed by atoms with Gasteiger partial charge in [-0.25, -0.2) is 4.68 Å². The first-order chi connectivity index (χ1) is 10.9. The lowest BCUT2D eigenvalue weighted by atomic mass is 9.83. The summed E-state index contributed by atoms with van der Waals surface area (Å²) in [6.45, 7) is 4.62. The molecule has 128 valence electrons. The van der Waals surface area contributed by atoms with E-state index in [0.29, 0.717) is 0 Å². The summed E-state index contributed by atoms with van der Waals surface area (Å²) in [6.07, 6.45) is -0.424. The van der Waals surface area contributed by atoms with Crippen LogP contribution < -0.4 is 0 Å². The quantitative estimate of drug-likeness (QED) is 0.350. The third-order valence-electron chi connectivity index (χ3n) is 3.00. The van der Waals surface area contributed by atoms with Crippen molar-refractivity contribution in [1.29, 1.82) is 0 Å². The summed E-state index contributed by atoms with van der Waals surface area (Å²) < 4.78 is 16.0. The molecule has 0 unspecified atom stereocenters. The molecule has 0 aromatic carbocycles. The van der Waals surface area contributed by atoms with Crippen molar-refractivity contribution in [1.82, 2.24) is 20.2 Å². The summed E-state index contributed by atoms with van der Waals surface area (Å²) in [5, 5.41) is 10.8. The lowest BCUT2D eigenvalue weighted by Crippen LogP contribution is -2.51. The highest BCUT2D eigenvalue weighted by Gasteiger charge is 2.58. The van der Waals surface area contributed by atoms with E-state index in [1.54, 1.807) is 20.8 Å². The molecule has 0 amide bonds. The van der Waals surface area contributed by atoms with Gasteiger partial charge in [0.15, 0.2) is 5.82 Å². The van der Waals surface area contributed by atoms with E-state index < -0.39 is 29.7 Å². The van der Waals surface area contributed by atoms with Crippen LogP contribution in [0.2, 0.25) is 0 Å². The normalized spacial score (nSPS) is 11.0. The number of carbonyl (C=O) groups is 3. The van der Waals surface area contributed by atoms with Gasteiger partial charge >= 0.3 is 17.9 Å². The molecule has 0 bridgehead atoms. The predicted molar refractivity (Wildman–Crippen MR) is 74.8 cm³/mol.